The average molecular weight is 147 g/mol. The number of hydrogen-bond acceptors (Lipinski definition) is 2. The van der Waals surface area contributed by atoms with Gasteiger partial charge >= 0.3 is 5.97 Å². The lowest BCUT2D eigenvalue weighted by Gasteiger charge is -1.97. The van der Waals surface area contributed by atoms with Gasteiger partial charge in [0.1, 0.15) is 11.6 Å². The fourth-order valence-corrected chi connectivity index (χ4v) is 0.270. The maximum absolute atomic E-state index is 10.3. The largest absolute Gasteiger partial charge is 0.426 e. The normalized spacial score (nSPS) is 8.11. The molecule has 50 valence electrons. The van der Waals surface area contributed by atoms with Crippen molar-refractivity contribution in [1.29, 1.82) is 0 Å². The first-order valence-corrected chi connectivity index (χ1v) is 2.82. The van der Waals surface area contributed by atoms with Crippen LogP contribution in [0, 0.1) is 0 Å². The van der Waals surface area contributed by atoms with Gasteiger partial charge in [0.05, 0.1) is 0 Å². The first-order chi connectivity index (χ1) is 4.20. The Labute approximate surface area is 58.8 Å². The molecule has 0 saturated carbocycles. The number of halogens is 1. The Morgan fingerprint density at radius 1 is 1.78 bits per heavy atom. The second kappa shape index (κ2) is 4.15. The Hall–Kier alpha value is -0.760. The van der Waals surface area contributed by atoms with Crippen LogP contribution in [0.25, 0.3) is 0 Å². The highest BCUT2D eigenvalue weighted by atomic mass is 35.5. The molecule has 0 fully saturated rings. The molecule has 0 aromatic rings. The van der Waals surface area contributed by atoms with Crippen LogP contribution in [0.4, 0.5) is 0 Å². The van der Waals surface area contributed by atoms with Crippen molar-refractivity contribution in [2.24, 2.45) is 0 Å². The van der Waals surface area contributed by atoms with Gasteiger partial charge in [0.2, 0.25) is 0 Å². The minimum absolute atomic E-state index is 0.160. The predicted molar refractivity (Wildman–Crippen MR) is 36.1 cm³/mol. The number of esters is 1. The van der Waals surface area contributed by atoms with Gasteiger partial charge in [-0.3, -0.25) is 4.79 Å². The van der Waals surface area contributed by atoms with E-state index in [2.05, 4.69) is 17.9 Å². The van der Waals surface area contributed by atoms with Crippen LogP contribution in [0.15, 0.2) is 25.0 Å². The van der Waals surface area contributed by atoms with Crippen LogP contribution < -0.4 is 0 Å². The Kier molecular flexibility index (Phi) is 3.80. The van der Waals surface area contributed by atoms with Gasteiger partial charge < -0.3 is 4.74 Å². The van der Waals surface area contributed by atoms with E-state index >= 15 is 0 Å². The van der Waals surface area contributed by atoms with Crippen molar-refractivity contribution in [1.82, 2.24) is 0 Å². The van der Waals surface area contributed by atoms with Crippen LogP contribution in [0.5, 0.6) is 0 Å². The summed E-state index contributed by atoms with van der Waals surface area (Å²) >= 11 is 5.10. The lowest BCUT2D eigenvalue weighted by molar-refractivity contribution is -0.135. The summed E-state index contributed by atoms with van der Waals surface area (Å²) in [4.78, 5) is 10.3. The third kappa shape index (κ3) is 3.79. The van der Waals surface area contributed by atoms with E-state index < -0.39 is 5.97 Å². The number of ether oxygens (including phenoxy) is 1. The van der Waals surface area contributed by atoms with E-state index in [1.165, 1.54) is 6.08 Å². The lowest BCUT2D eigenvalue weighted by Crippen LogP contribution is -2.02. The van der Waals surface area contributed by atoms with Crippen LogP contribution >= 0.6 is 11.6 Å². The number of carbonyl (C=O) groups excluding carboxylic acids is 1. The molecule has 0 heterocycles. The van der Waals surface area contributed by atoms with E-state index in [1.807, 2.05) is 0 Å². The molecular formula is C6H7ClO2. The number of allylic oxidation sites excluding steroid dienone is 1. The van der Waals surface area contributed by atoms with Crippen molar-refractivity contribution >= 4 is 17.6 Å². The Morgan fingerprint density at radius 2 is 2.33 bits per heavy atom. The molecule has 0 rings (SSSR count). The molecule has 9 heavy (non-hydrogen) atoms. The molecule has 0 aliphatic rings. The monoisotopic (exact) mass is 146 g/mol. The van der Waals surface area contributed by atoms with Crippen LogP contribution in [0.2, 0.25) is 0 Å². The maximum atomic E-state index is 10.3. The van der Waals surface area contributed by atoms with Crippen molar-refractivity contribution in [2.45, 2.75) is 0 Å². The molecule has 0 spiro atoms. The summed E-state index contributed by atoms with van der Waals surface area (Å²) in [5, 5.41) is 0. The molecule has 0 aliphatic heterocycles. The van der Waals surface area contributed by atoms with Crippen molar-refractivity contribution in [3.8, 4) is 0 Å². The molecule has 2 nitrogen and oxygen atoms in total. The molecule has 0 radical (unpaired) electrons. The van der Waals surface area contributed by atoms with E-state index in [0.717, 1.165) is 0 Å². The minimum Gasteiger partial charge on any atom is -0.426 e. The molecule has 0 saturated heterocycles. The third-order valence-electron chi connectivity index (χ3n) is 0.582. The van der Waals surface area contributed by atoms with Gasteiger partial charge in [-0.2, -0.15) is 0 Å². The van der Waals surface area contributed by atoms with E-state index in [4.69, 9.17) is 11.6 Å². The lowest BCUT2D eigenvalue weighted by atomic mass is 10.5. The fourth-order valence-electron chi connectivity index (χ4n) is 0.215. The molecule has 0 unspecified atom stereocenters. The highest BCUT2D eigenvalue weighted by molar-refractivity contribution is 6.26. The number of rotatable bonds is 3. The van der Waals surface area contributed by atoms with E-state index in [1.54, 1.807) is 0 Å². The van der Waals surface area contributed by atoms with E-state index in [0.29, 0.717) is 0 Å². The molecule has 0 amide bonds. The molecular weight excluding hydrogens is 140 g/mol. The van der Waals surface area contributed by atoms with Crippen LogP contribution in [0.3, 0.4) is 0 Å². The Morgan fingerprint density at radius 3 is 2.67 bits per heavy atom. The summed E-state index contributed by atoms with van der Waals surface area (Å²) in [6, 6.07) is 0. The zero-order valence-corrected chi connectivity index (χ0v) is 5.65. The highest BCUT2D eigenvalue weighted by Crippen LogP contribution is 1.94. The van der Waals surface area contributed by atoms with Gasteiger partial charge in [0.15, 0.2) is 0 Å². The topological polar surface area (TPSA) is 26.3 Å². The minimum atomic E-state index is -0.512. The standard InChI is InChI=1S/C6H7ClO2/c1-3-5(2)9-6(8)4-7/h3H,1-2,4H2. The van der Waals surface area contributed by atoms with Crippen molar-refractivity contribution in [2.75, 3.05) is 5.88 Å². The number of hydrogen-bond donors (Lipinski definition) is 0. The summed E-state index contributed by atoms with van der Waals surface area (Å²) in [6.07, 6.45) is 1.34. The number of carbonyl (C=O) groups is 1. The van der Waals surface area contributed by atoms with Gasteiger partial charge in [0.25, 0.3) is 0 Å². The molecule has 0 aromatic heterocycles. The Balaban J connectivity index is 3.59. The van der Waals surface area contributed by atoms with Crippen molar-refractivity contribution < 1.29 is 9.53 Å². The fraction of sp³-hybridized carbons (Fsp3) is 0.167. The summed E-state index contributed by atoms with van der Waals surface area (Å²) in [7, 11) is 0. The summed E-state index contributed by atoms with van der Waals surface area (Å²) in [5.41, 5.74) is 0. The molecule has 0 atom stereocenters. The first-order valence-electron chi connectivity index (χ1n) is 2.28. The van der Waals surface area contributed by atoms with Crippen molar-refractivity contribution in [3.63, 3.8) is 0 Å². The van der Waals surface area contributed by atoms with Gasteiger partial charge in [-0.05, 0) is 6.08 Å². The van der Waals surface area contributed by atoms with Gasteiger partial charge in [-0.1, -0.05) is 13.2 Å². The van der Waals surface area contributed by atoms with Gasteiger partial charge in [0, 0.05) is 0 Å². The summed E-state index contributed by atoms with van der Waals surface area (Å²) < 4.78 is 4.47. The van der Waals surface area contributed by atoms with Crippen LogP contribution in [-0.2, 0) is 9.53 Å². The van der Waals surface area contributed by atoms with Gasteiger partial charge in [-0.25, -0.2) is 0 Å². The molecule has 0 bridgehead atoms. The smallest absolute Gasteiger partial charge is 0.326 e. The first kappa shape index (κ1) is 8.24. The third-order valence-corrected chi connectivity index (χ3v) is 0.800. The number of alkyl halides is 1. The second-order valence-electron chi connectivity index (χ2n) is 1.28. The Bertz CT molecular complexity index is 140. The second-order valence-corrected chi connectivity index (χ2v) is 1.55. The maximum Gasteiger partial charge on any atom is 0.326 e. The van der Waals surface area contributed by atoms with Crippen LogP contribution in [-0.4, -0.2) is 11.8 Å². The molecule has 3 heteroatoms. The van der Waals surface area contributed by atoms with Crippen LogP contribution in [0.1, 0.15) is 0 Å². The molecule has 0 aliphatic carbocycles. The quantitative estimate of drug-likeness (QED) is 0.261. The summed E-state index contributed by atoms with van der Waals surface area (Å²) in [6.45, 7) is 6.67. The zero-order chi connectivity index (χ0) is 7.28. The van der Waals surface area contributed by atoms with Crippen molar-refractivity contribution in [3.05, 3.63) is 25.0 Å². The summed E-state index contributed by atoms with van der Waals surface area (Å²) in [5.74, 6) is -0.449. The highest BCUT2D eigenvalue weighted by Gasteiger charge is 1.98. The SMILES string of the molecule is C=CC(=C)OC(=O)CCl. The molecule has 0 N–H and O–H groups in total. The predicted octanol–water partition coefficient (Wildman–Crippen LogP) is 1.47. The van der Waals surface area contributed by atoms with E-state index in [9.17, 15) is 4.79 Å². The molecule has 0 aromatic carbocycles. The van der Waals surface area contributed by atoms with E-state index in [-0.39, 0.29) is 11.6 Å². The van der Waals surface area contributed by atoms with Gasteiger partial charge in [-0.15, -0.1) is 11.6 Å². The average Bonchev–Trinajstić information content (AvgIpc) is 1.87. The zero-order valence-electron chi connectivity index (χ0n) is 4.89.